The molecule has 0 bridgehead atoms. The Morgan fingerprint density at radius 2 is 2.17 bits per heavy atom. The van der Waals surface area contributed by atoms with Crippen LogP contribution in [0.25, 0.3) is 0 Å². The van der Waals surface area contributed by atoms with Gasteiger partial charge in [0.05, 0.1) is 11.6 Å². The van der Waals surface area contributed by atoms with Crippen LogP contribution in [0.1, 0.15) is 24.1 Å². The molecule has 1 aromatic heterocycles. The third kappa shape index (κ3) is 2.84. The molecule has 0 amide bonds. The summed E-state index contributed by atoms with van der Waals surface area (Å²) in [7, 11) is 0. The lowest BCUT2D eigenvalue weighted by molar-refractivity contribution is 0.462. The molecule has 90 valence electrons. The lowest BCUT2D eigenvalue weighted by Gasteiger charge is -2.07. The van der Waals surface area contributed by atoms with Crippen LogP contribution in [0.4, 0.5) is 0 Å². The van der Waals surface area contributed by atoms with Crippen molar-refractivity contribution in [2.45, 2.75) is 13.0 Å². The van der Waals surface area contributed by atoms with Gasteiger partial charge >= 0.3 is 0 Å². The van der Waals surface area contributed by atoms with Crippen LogP contribution in [0.5, 0.6) is 11.6 Å². The standard InChI is InChI=1S/C14H13N3O/c1-10(16)12-5-6-14(17-9-12)18-13-4-2-3-11(7-13)8-15/h2-7,9-10H,16H2,1H3. The number of benzene rings is 1. The van der Waals surface area contributed by atoms with Gasteiger partial charge in [-0.15, -0.1) is 0 Å². The predicted octanol–water partition coefficient (Wildman–Crippen LogP) is 2.77. The van der Waals surface area contributed by atoms with Gasteiger partial charge in [-0.2, -0.15) is 5.26 Å². The maximum absolute atomic E-state index is 8.79. The number of rotatable bonds is 3. The van der Waals surface area contributed by atoms with E-state index >= 15 is 0 Å². The molecule has 0 saturated carbocycles. The van der Waals surface area contributed by atoms with E-state index in [9.17, 15) is 0 Å². The number of nitriles is 1. The maximum Gasteiger partial charge on any atom is 0.219 e. The van der Waals surface area contributed by atoms with E-state index in [1.54, 1.807) is 36.5 Å². The van der Waals surface area contributed by atoms with Crippen LogP contribution in [-0.4, -0.2) is 4.98 Å². The summed E-state index contributed by atoms with van der Waals surface area (Å²) in [5, 5.41) is 8.79. The van der Waals surface area contributed by atoms with E-state index in [-0.39, 0.29) is 6.04 Å². The molecule has 0 aliphatic heterocycles. The highest BCUT2D eigenvalue weighted by Crippen LogP contribution is 2.21. The fraction of sp³-hybridized carbons (Fsp3) is 0.143. The normalized spacial score (nSPS) is 11.6. The number of hydrogen-bond donors (Lipinski definition) is 1. The van der Waals surface area contributed by atoms with Crippen molar-refractivity contribution in [3.63, 3.8) is 0 Å². The molecule has 0 fully saturated rings. The van der Waals surface area contributed by atoms with Gasteiger partial charge in [0.25, 0.3) is 0 Å². The summed E-state index contributed by atoms with van der Waals surface area (Å²) in [6.45, 7) is 1.90. The molecule has 0 aliphatic carbocycles. The number of nitrogens with two attached hydrogens (primary N) is 1. The molecule has 2 aromatic rings. The smallest absolute Gasteiger partial charge is 0.219 e. The minimum Gasteiger partial charge on any atom is -0.439 e. The number of pyridine rings is 1. The van der Waals surface area contributed by atoms with E-state index in [2.05, 4.69) is 11.1 Å². The van der Waals surface area contributed by atoms with Crippen molar-refractivity contribution in [2.75, 3.05) is 0 Å². The lowest BCUT2D eigenvalue weighted by atomic mass is 10.2. The van der Waals surface area contributed by atoms with Gasteiger partial charge in [-0.25, -0.2) is 4.98 Å². The Bertz CT molecular complexity index is 570. The van der Waals surface area contributed by atoms with Crippen LogP contribution < -0.4 is 10.5 Å². The van der Waals surface area contributed by atoms with E-state index < -0.39 is 0 Å². The van der Waals surface area contributed by atoms with Gasteiger partial charge in [0.15, 0.2) is 0 Å². The van der Waals surface area contributed by atoms with E-state index in [0.717, 1.165) is 5.56 Å². The summed E-state index contributed by atoms with van der Waals surface area (Å²) in [4.78, 5) is 4.17. The second kappa shape index (κ2) is 5.30. The van der Waals surface area contributed by atoms with Gasteiger partial charge in [-0.1, -0.05) is 12.1 Å². The Balaban J connectivity index is 2.16. The summed E-state index contributed by atoms with van der Waals surface area (Å²) < 4.78 is 5.55. The summed E-state index contributed by atoms with van der Waals surface area (Å²) in [6, 6.07) is 12.6. The summed E-state index contributed by atoms with van der Waals surface area (Å²) in [5.74, 6) is 1.07. The first-order chi connectivity index (χ1) is 8.69. The number of nitrogens with zero attached hydrogens (tertiary/aromatic N) is 2. The molecule has 0 radical (unpaired) electrons. The zero-order chi connectivity index (χ0) is 13.0. The van der Waals surface area contributed by atoms with Crippen molar-refractivity contribution in [3.8, 4) is 17.7 Å². The first kappa shape index (κ1) is 12.1. The number of hydrogen-bond acceptors (Lipinski definition) is 4. The zero-order valence-corrected chi connectivity index (χ0v) is 10.00. The minimum absolute atomic E-state index is 0.0477. The van der Waals surface area contributed by atoms with Crippen LogP contribution in [-0.2, 0) is 0 Å². The quantitative estimate of drug-likeness (QED) is 0.893. The van der Waals surface area contributed by atoms with Crippen molar-refractivity contribution in [1.29, 1.82) is 5.26 Å². The van der Waals surface area contributed by atoms with E-state index in [0.29, 0.717) is 17.2 Å². The van der Waals surface area contributed by atoms with Crippen molar-refractivity contribution in [3.05, 3.63) is 53.7 Å². The molecule has 4 heteroatoms. The first-order valence-electron chi connectivity index (χ1n) is 5.58. The molecule has 1 unspecified atom stereocenters. The highest BCUT2D eigenvalue weighted by atomic mass is 16.5. The van der Waals surface area contributed by atoms with Crippen molar-refractivity contribution >= 4 is 0 Å². The number of ether oxygens (including phenoxy) is 1. The average molecular weight is 239 g/mol. The molecule has 1 heterocycles. The topological polar surface area (TPSA) is 71.9 Å². The average Bonchev–Trinajstić information content (AvgIpc) is 2.39. The molecule has 0 aliphatic rings. The Morgan fingerprint density at radius 3 is 2.78 bits per heavy atom. The highest BCUT2D eigenvalue weighted by molar-refractivity contribution is 5.37. The second-order valence-electron chi connectivity index (χ2n) is 3.96. The van der Waals surface area contributed by atoms with Gasteiger partial charge in [-0.05, 0) is 30.7 Å². The van der Waals surface area contributed by atoms with Crippen LogP contribution >= 0.6 is 0 Å². The minimum atomic E-state index is -0.0477. The van der Waals surface area contributed by atoms with E-state index in [1.807, 2.05) is 13.0 Å². The van der Waals surface area contributed by atoms with Gasteiger partial charge < -0.3 is 10.5 Å². The van der Waals surface area contributed by atoms with Crippen LogP contribution in [0.15, 0.2) is 42.6 Å². The number of aromatic nitrogens is 1. The van der Waals surface area contributed by atoms with Gasteiger partial charge in [-0.3, -0.25) is 0 Å². The predicted molar refractivity (Wildman–Crippen MR) is 68.1 cm³/mol. The lowest BCUT2D eigenvalue weighted by Crippen LogP contribution is -2.05. The van der Waals surface area contributed by atoms with E-state index in [4.69, 9.17) is 15.7 Å². The summed E-state index contributed by atoms with van der Waals surface area (Å²) >= 11 is 0. The first-order valence-corrected chi connectivity index (χ1v) is 5.58. The Kier molecular flexibility index (Phi) is 3.56. The van der Waals surface area contributed by atoms with Crippen LogP contribution in [0.3, 0.4) is 0 Å². The third-order valence-electron chi connectivity index (χ3n) is 2.47. The second-order valence-corrected chi connectivity index (χ2v) is 3.96. The Labute approximate surface area is 106 Å². The molecule has 1 atom stereocenters. The SMILES string of the molecule is CC(N)c1ccc(Oc2cccc(C#N)c2)nc1. The molecule has 4 nitrogen and oxygen atoms in total. The third-order valence-corrected chi connectivity index (χ3v) is 2.47. The van der Waals surface area contributed by atoms with Gasteiger partial charge in [0, 0.05) is 18.3 Å². The molecular formula is C14H13N3O. The van der Waals surface area contributed by atoms with Gasteiger partial charge in [0.2, 0.25) is 5.88 Å². The van der Waals surface area contributed by atoms with Crippen molar-refractivity contribution in [1.82, 2.24) is 4.98 Å². The van der Waals surface area contributed by atoms with Crippen molar-refractivity contribution in [2.24, 2.45) is 5.73 Å². The zero-order valence-electron chi connectivity index (χ0n) is 10.00. The van der Waals surface area contributed by atoms with Gasteiger partial charge in [0.1, 0.15) is 5.75 Å². The molecule has 2 rings (SSSR count). The van der Waals surface area contributed by atoms with Crippen LogP contribution in [0, 0.1) is 11.3 Å². The van der Waals surface area contributed by atoms with Crippen molar-refractivity contribution < 1.29 is 4.74 Å². The molecular weight excluding hydrogens is 226 g/mol. The molecule has 18 heavy (non-hydrogen) atoms. The Morgan fingerprint density at radius 1 is 1.33 bits per heavy atom. The molecule has 0 spiro atoms. The largest absolute Gasteiger partial charge is 0.439 e. The fourth-order valence-corrected chi connectivity index (χ4v) is 1.47. The molecule has 0 saturated heterocycles. The van der Waals surface area contributed by atoms with E-state index in [1.165, 1.54) is 0 Å². The monoisotopic (exact) mass is 239 g/mol. The molecule has 2 N–H and O–H groups in total. The highest BCUT2D eigenvalue weighted by Gasteiger charge is 2.02. The fourth-order valence-electron chi connectivity index (χ4n) is 1.47. The maximum atomic E-state index is 8.79. The molecule has 1 aromatic carbocycles. The van der Waals surface area contributed by atoms with Crippen LogP contribution in [0.2, 0.25) is 0 Å². The summed E-state index contributed by atoms with van der Waals surface area (Å²) in [5.41, 5.74) is 7.24. The summed E-state index contributed by atoms with van der Waals surface area (Å²) in [6.07, 6.45) is 1.69. The Hall–Kier alpha value is -2.38.